The van der Waals surface area contributed by atoms with Crippen LogP contribution in [0.4, 0.5) is 4.39 Å². The fourth-order valence-electron chi connectivity index (χ4n) is 3.24. The lowest BCUT2D eigenvalue weighted by atomic mass is 10.1. The molecule has 1 aromatic carbocycles. The van der Waals surface area contributed by atoms with Crippen molar-refractivity contribution in [2.75, 3.05) is 39.3 Å². The number of rotatable bonds is 7. The molecule has 2 rings (SSSR count). The van der Waals surface area contributed by atoms with E-state index in [-0.39, 0.29) is 18.3 Å². The van der Waals surface area contributed by atoms with Gasteiger partial charge >= 0.3 is 0 Å². The van der Waals surface area contributed by atoms with Gasteiger partial charge in [-0.05, 0) is 63.0 Å². The van der Waals surface area contributed by atoms with E-state index >= 15 is 0 Å². The Balaban J connectivity index is 1.82. The lowest BCUT2D eigenvalue weighted by molar-refractivity contribution is 0.0760. The number of amides is 1. The van der Waals surface area contributed by atoms with Crippen molar-refractivity contribution >= 4 is 5.91 Å². The van der Waals surface area contributed by atoms with E-state index in [1.807, 2.05) is 4.90 Å². The van der Waals surface area contributed by atoms with Crippen LogP contribution < -0.4 is 0 Å². The van der Waals surface area contributed by atoms with Gasteiger partial charge in [0.2, 0.25) is 0 Å². The zero-order chi connectivity index (χ0) is 17.4. The van der Waals surface area contributed by atoms with E-state index in [0.717, 1.165) is 63.8 Å². The molecule has 0 spiro atoms. The Labute approximate surface area is 144 Å². The molecule has 0 aromatic heterocycles. The number of halogens is 1. The third-order valence-corrected chi connectivity index (χ3v) is 4.55. The van der Waals surface area contributed by atoms with Crippen LogP contribution in [0.5, 0.6) is 0 Å². The smallest absolute Gasteiger partial charge is 0.254 e. The molecule has 4 nitrogen and oxygen atoms in total. The summed E-state index contributed by atoms with van der Waals surface area (Å²) in [4.78, 5) is 16.9. The van der Waals surface area contributed by atoms with E-state index in [2.05, 4.69) is 4.90 Å². The average molecular weight is 336 g/mol. The van der Waals surface area contributed by atoms with E-state index in [1.165, 1.54) is 12.1 Å². The lowest BCUT2D eigenvalue weighted by Crippen LogP contribution is -2.35. The fraction of sp³-hybridized carbons (Fsp3) is 0.632. The average Bonchev–Trinajstić information content (AvgIpc) is 2.79. The van der Waals surface area contributed by atoms with Crippen molar-refractivity contribution in [1.82, 2.24) is 9.80 Å². The topological polar surface area (TPSA) is 43.8 Å². The van der Waals surface area contributed by atoms with Gasteiger partial charge in [-0.3, -0.25) is 4.79 Å². The molecule has 1 aromatic rings. The summed E-state index contributed by atoms with van der Waals surface area (Å²) in [6.45, 7) is 6.44. The summed E-state index contributed by atoms with van der Waals surface area (Å²) in [5, 5.41) is 8.79. The molecule has 1 fully saturated rings. The van der Waals surface area contributed by atoms with Crippen molar-refractivity contribution in [3.63, 3.8) is 0 Å². The van der Waals surface area contributed by atoms with Crippen LogP contribution in [0.1, 0.15) is 48.0 Å². The van der Waals surface area contributed by atoms with Gasteiger partial charge < -0.3 is 14.9 Å². The minimum atomic E-state index is -0.349. The minimum absolute atomic E-state index is 0.0672. The van der Waals surface area contributed by atoms with Gasteiger partial charge in [-0.15, -0.1) is 0 Å². The molecule has 0 aliphatic carbocycles. The summed E-state index contributed by atoms with van der Waals surface area (Å²) >= 11 is 0. The Kier molecular flexibility index (Phi) is 7.66. The highest BCUT2D eigenvalue weighted by Crippen LogP contribution is 2.13. The molecule has 24 heavy (non-hydrogen) atoms. The van der Waals surface area contributed by atoms with Crippen LogP contribution in [0.15, 0.2) is 18.2 Å². The van der Waals surface area contributed by atoms with E-state index in [4.69, 9.17) is 5.11 Å². The molecule has 0 unspecified atom stereocenters. The molecule has 0 atom stereocenters. The van der Waals surface area contributed by atoms with Gasteiger partial charge in [0.15, 0.2) is 0 Å². The van der Waals surface area contributed by atoms with Gasteiger partial charge in [0.1, 0.15) is 5.82 Å². The van der Waals surface area contributed by atoms with Crippen molar-refractivity contribution in [2.45, 2.75) is 39.0 Å². The van der Waals surface area contributed by atoms with Crippen molar-refractivity contribution in [3.8, 4) is 0 Å². The maximum Gasteiger partial charge on any atom is 0.254 e. The van der Waals surface area contributed by atoms with Crippen LogP contribution in [0.3, 0.4) is 0 Å². The molecule has 1 saturated heterocycles. The molecule has 134 valence electrons. The van der Waals surface area contributed by atoms with Gasteiger partial charge in [0.05, 0.1) is 0 Å². The SMILES string of the molecule is Cc1cc(F)cc(C(=O)N2CCCN(CCCCCCO)CC2)c1. The number of unbranched alkanes of at least 4 members (excludes halogenated alkanes) is 3. The number of hydrogen-bond donors (Lipinski definition) is 1. The molecule has 1 aliphatic heterocycles. The molecule has 5 heteroatoms. The summed E-state index contributed by atoms with van der Waals surface area (Å²) < 4.78 is 13.5. The highest BCUT2D eigenvalue weighted by molar-refractivity contribution is 5.94. The first-order valence-electron chi connectivity index (χ1n) is 9.00. The number of carbonyl (C=O) groups excluding carboxylic acids is 1. The molecule has 1 amide bonds. The van der Waals surface area contributed by atoms with Crippen LogP contribution in [0.25, 0.3) is 0 Å². The van der Waals surface area contributed by atoms with Crippen molar-refractivity contribution in [1.29, 1.82) is 0 Å². The van der Waals surface area contributed by atoms with Gasteiger partial charge in [0, 0.05) is 31.8 Å². The van der Waals surface area contributed by atoms with Crippen LogP contribution >= 0.6 is 0 Å². The number of aliphatic hydroxyl groups excluding tert-OH is 1. The summed E-state index contributed by atoms with van der Waals surface area (Å²) in [7, 11) is 0. The molecular formula is C19H29FN2O2. The quantitative estimate of drug-likeness (QED) is 0.779. The molecule has 1 N–H and O–H groups in total. The Morgan fingerprint density at radius 2 is 1.88 bits per heavy atom. The fourth-order valence-corrected chi connectivity index (χ4v) is 3.24. The van der Waals surface area contributed by atoms with Gasteiger partial charge in [-0.25, -0.2) is 4.39 Å². The molecular weight excluding hydrogens is 307 g/mol. The maximum absolute atomic E-state index is 13.5. The van der Waals surface area contributed by atoms with Crippen molar-refractivity contribution in [3.05, 3.63) is 35.1 Å². The summed E-state index contributed by atoms with van der Waals surface area (Å²) in [6, 6.07) is 4.53. The zero-order valence-electron chi connectivity index (χ0n) is 14.6. The second-order valence-electron chi connectivity index (χ2n) is 6.64. The normalized spacial score (nSPS) is 16.2. The minimum Gasteiger partial charge on any atom is -0.396 e. The Bertz CT molecular complexity index is 516. The second-order valence-corrected chi connectivity index (χ2v) is 6.64. The van der Waals surface area contributed by atoms with Crippen LogP contribution in [-0.4, -0.2) is 60.1 Å². The molecule has 0 bridgehead atoms. The van der Waals surface area contributed by atoms with Crippen molar-refractivity contribution < 1.29 is 14.3 Å². The highest BCUT2D eigenvalue weighted by Gasteiger charge is 2.20. The Hall–Kier alpha value is -1.46. The van der Waals surface area contributed by atoms with E-state index < -0.39 is 0 Å². The molecule has 0 saturated carbocycles. The van der Waals surface area contributed by atoms with Crippen LogP contribution in [0.2, 0.25) is 0 Å². The van der Waals surface area contributed by atoms with E-state index in [9.17, 15) is 9.18 Å². The predicted molar refractivity (Wildman–Crippen MR) is 93.7 cm³/mol. The number of nitrogens with zero attached hydrogens (tertiary/aromatic N) is 2. The van der Waals surface area contributed by atoms with Gasteiger partial charge in [-0.2, -0.15) is 0 Å². The first-order valence-corrected chi connectivity index (χ1v) is 9.00. The molecule has 1 aliphatic rings. The highest BCUT2D eigenvalue weighted by atomic mass is 19.1. The first kappa shape index (κ1) is 18.9. The van der Waals surface area contributed by atoms with Crippen LogP contribution in [-0.2, 0) is 0 Å². The largest absolute Gasteiger partial charge is 0.396 e. The van der Waals surface area contributed by atoms with E-state index in [1.54, 1.807) is 13.0 Å². The Morgan fingerprint density at radius 3 is 2.62 bits per heavy atom. The third-order valence-electron chi connectivity index (χ3n) is 4.55. The van der Waals surface area contributed by atoms with Gasteiger partial charge in [-0.1, -0.05) is 12.8 Å². The second kappa shape index (κ2) is 9.74. The standard InChI is InChI=1S/C19H29FN2O2/c1-16-13-17(15-18(20)14-16)19(24)22-9-6-8-21(10-11-22)7-4-2-3-5-12-23/h13-15,23H,2-12H2,1H3. The molecule has 1 heterocycles. The summed E-state index contributed by atoms with van der Waals surface area (Å²) in [5.41, 5.74) is 1.22. The van der Waals surface area contributed by atoms with Crippen LogP contribution in [0, 0.1) is 12.7 Å². The van der Waals surface area contributed by atoms with E-state index in [0.29, 0.717) is 12.1 Å². The lowest BCUT2D eigenvalue weighted by Gasteiger charge is -2.22. The number of aryl methyl sites for hydroxylation is 1. The third kappa shape index (κ3) is 5.87. The molecule has 0 radical (unpaired) electrons. The van der Waals surface area contributed by atoms with Crippen molar-refractivity contribution in [2.24, 2.45) is 0 Å². The summed E-state index contributed by atoms with van der Waals surface area (Å²) in [6.07, 6.45) is 5.19. The predicted octanol–water partition coefficient (Wildman–Crippen LogP) is 2.83. The maximum atomic E-state index is 13.5. The number of benzene rings is 1. The number of hydrogen-bond acceptors (Lipinski definition) is 3. The zero-order valence-corrected chi connectivity index (χ0v) is 14.6. The number of carbonyl (C=O) groups is 1. The number of aliphatic hydroxyl groups is 1. The monoisotopic (exact) mass is 336 g/mol. The summed E-state index contributed by atoms with van der Waals surface area (Å²) in [5.74, 6) is -0.417. The van der Waals surface area contributed by atoms with Gasteiger partial charge in [0.25, 0.3) is 5.91 Å². The first-order chi connectivity index (χ1) is 11.6. The Morgan fingerprint density at radius 1 is 1.08 bits per heavy atom.